The molecule has 0 radical (unpaired) electrons. The van der Waals surface area contributed by atoms with Gasteiger partial charge < -0.3 is 0 Å². The summed E-state index contributed by atoms with van der Waals surface area (Å²) in [4.78, 5) is 12.6. The highest BCUT2D eigenvalue weighted by Gasteiger charge is 2.23. The second kappa shape index (κ2) is 5.96. The van der Waals surface area contributed by atoms with Crippen molar-refractivity contribution in [1.29, 1.82) is 0 Å². The quantitative estimate of drug-likeness (QED) is 0.558. The van der Waals surface area contributed by atoms with Crippen LogP contribution in [0.15, 0.2) is 29.2 Å². The lowest BCUT2D eigenvalue weighted by Gasteiger charge is -2.17. The maximum Gasteiger partial charge on any atom is 0.169 e. The van der Waals surface area contributed by atoms with Crippen LogP contribution in [0.4, 0.5) is 0 Å². The first-order valence-corrected chi connectivity index (χ1v) is 5.70. The van der Waals surface area contributed by atoms with Crippen molar-refractivity contribution < 1.29 is 4.79 Å². The lowest BCUT2D eigenvalue weighted by Crippen LogP contribution is -2.20. The second-order valence-electron chi connectivity index (χ2n) is 4.10. The number of carbonyl (C=O) groups excluding carboxylic acids is 1. The van der Waals surface area contributed by atoms with Gasteiger partial charge in [-0.2, -0.15) is 0 Å². The first kappa shape index (κ1) is 14.2. The topological polar surface area (TPSA) is 17.1 Å². The molecule has 0 aromatic heterocycles. The highest BCUT2D eigenvalue weighted by Crippen LogP contribution is 2.24. The molecular formula is C13H20OS. The molecule has 15 heavy (non-hydrogen) atoms. The van der Waals surface area contributed by atoms with Crippen LogP contribution in [0.5, 0.6) is 0 Å². The van der Waals surface area contributed by atoms with E-state index in [1.807, 2.05) is 58.9 Å². The fraction of sp³-hybridized carbons (Fsp3) is 0.462. The van der Waals surface area contributed by atoms with E-state index in [9.17, 15) is 4.79 Å². The minimum absolute atomic E-state index is 0.137. The Morgan fingerprint density at radius 2 is 1.60 bits per heavy atom. The molecule has 0 spiro atoms. The number of ketones is 1. The van der Waals surface area contributed by atoms with Crippen LogP contribution in [0.1, 0.15) is 45.0 Å². The summed E-state index contributed by atoms with van der Waals surface area (Å²) < 4.78 is 0. The largest absolute Gasteiger partial charge is 0.294 e. The van der Waals surface area contributed by atoms with Crippen molar-refractivity contribution >= 4 is 18.4 Å². The lowest BCUT2D eigenvalue weighted by molar-refractivity contribution is 0.0855. The monoisotopic (exact) mass is 224 g/mol. The van der Waals surface area contributed by atoms with Crippen LogP contribution in [0.3, 0.4) is 0 Å². The first-order valence-electron chi connectivity index (χ1n) is 5.26. The Hall–Kier alpha value is -0.760. The minimum atomic E-state index is -0.334. The van der Waals surface area contributed by atoms with Gasteiger partial charge in [-0.25, -0.2) is 0 Å². The number of Topliss-reactive ketones (excluding diaryl/α,β-unsaturated/α-hetero) is 1. The summed E-state index contributed by atoms with van der Waals surface area (Å²) in [6.45, 7) is 9.74. The van der Waals surface area contributed by atoms with E-state index in [-0.39, 0.29) is 11.2 Å². The van der Waals surface area contributed by atoms with Crippen LogP contribution in [0.2, 0.25) is 0 Å². The van der Waals surface area contributed by atoms with Gasteiger partial charge in [0.15, 0.2) is 5.78 Å². The number of benzene rings is 1. The highest BCUT2D eigenvalue weighted by atomic mass is 32.1. The molecule has 0 saturated carbocycles. The fourth-order valence-electron chi connectivity index (χ4n) is 1.07. The van der Waals surface area contributed by atoms with Gasteiger partial charge in [0.25, 0.3) is 0 Å². The summed E-state index contributed by atoms with van der Waals surface area (Å²) in [5, 5.41) is 0. The molecule has 0 amide bonds. The van der Waals surface area contributed by atoms with Gasteiger partial charge in [-0.15, -0.1) is 12.6 Å². The van der Waals surface area contributed by atoms with Gasteiger partial charge in [0.05, 0.1) is 0 Å². The molecule has 1 aromatic rings. The smallest absolute Gasteiger partial charge is 0.169 e. The number of hydrogen-bond acceptors (Lipinski definition) is 2. The van der Waals surface area contributed by atoms with E-state index in [4.69, 9.17) is 0 Å². The molecule has 0 N–H and O–H groups in total. The molecule has 84 valence electrons. The summed E-state index contributed by atoms with van der Waals surface area (Å²) in [7, 11) is 0. The maximum absolute atomic E-state index is 11.8. The Balaban J connectivity index is 0.000000921. The van der Waals surface area contributed by atoms with Crippen molar-refractivity contribution in [2.45, 2.75) is 39.5 Å². The zero-order chi connectivity index (χ0) is 12.1. The van der Waals surface area contributed by atoms with Crippen LogP contribution in [0.25, 0.3) is 0 Å². The summed E-state index contributed by atoms with van der Waals surface area (Å²) >= 11 is 4.25. The van der Waals surface area contributed by atoms with Crippen molar-refractivity contribution in [3.63, 3.8) is 0 Å². The Labute approximate surface area is 98.3 Å². The van der Waals surface area contributed by atoms with Gasteiger partial charge in [-0.05, 0) is 6.07 Å². The van der Waals surface area contributed by atoms with E-state index in [0.717, 1.165) is 4.90 Å². The van der Waals surface area contributed by atoms with Gasteiger partial charge in [0.2, 0.25) is 0 Å². The predicted molar refractivity (Wildman–Crippen MR) is 68.8 cm³/mol. The summed E-state index contributed by atoms with van der Waals surface area (Å²) in [5.74, 6) is 0.137. The molecule has 1 nitrogen and oxygen atoms in total. The molecule has 0 saturated heterocycles. The highest BCUT2D eigenvalue weighted by molar-refractivity contribution is 7.80. The number of hydrogen-bond donors (Lipinski definition) is 1. The van der Waals surface area contributed by atoms with E-state index in [0.29, 0.717) is 5.56 Å². The van der Waals surface area contributed by atoms with Gasteiger partial charge in [0.1, 0.15) is 0 Å². The third-order valence-electron chi connectivity index (χ3n) is 1.83. The van der Waals surface area contributed by atoms with Gasteiger partial charge in [-0.3, -0.25) is 4.79 Å². The number of carbonyl (C=O) groups is 1. The number of rotatable bonds is 1. The maximum atomic E-state index is 11.8. The van der Waals surface area contributed by atoms with Crippen molar-refractivity contribution in [2.24, 2.45) is 5.41 Å². The van der Waals surface area contributed by atoms with Crippen LogP contribution in [-0.2, 0) is 0 Å². The van der Waals surface area contributed by atoms with E-state index in [1.54, 1.807) is 0 Å². The van der Waals surface area contributed by atoms with Crippen molar-refractivity contribution in [2.75, 3.05) is 0 Å². The molecule has 2 heteroatoms. The fourth-order valence-corrected chi connectivity index (χ4v) is 1.33. The van der Waals surface area contributed by atoms with Crippen LogP contribution >= 0.6 is 12.6 Å². The second-order valence-corrected chi connectivity index (χ2v) is 4.58. The van der Waals surface area contributed by atoms with Crippen LogP contribution < -0.4 is 0 Å². The summed E-state index contributed by atoms with van der Waals surface area (Å²) in [6.07, 6.45) is 0. The summed E-state index contributed by atoms with van der Waals surface area (Å²) in [6, 6.07) is 7.39. The molecule has 0 unspecified atom stereocenters. The molecule has 0 aliphatic heterocycles. The van der Waals surface area contributed by atoms with E-state index < -0.39 is 0 Å². The summed E-state index contributed by atoms with van der Waals surface area (Å²) in [5.41, 5.74) is 0.372. The van der Waals surface area contributed by atoms with Crippen LogP contribution in [-0.4, -0.2) is 5.78 Å². The Kier molecular flexibility index (Phi) is 5.66. The average Bonchev–Trinajstić information content (AvgIpc) is 2.19. The van der Waals surface area contributed by atoms with Crippen molar-refractivity contribution in [3.8, 4) is 0 Å². The Morgan fingerprint density at radius 3 is 2.00 bits per heavy atom. The molecular weight excluding hydrogens is 204 g/mol. The molecule has 0 fully saturated rings. The molecule has 0 bridgehead atoms. The normalized spacial score (nSPS) is 10.3. The van der Waals surface area contributed by atoms with Crippen molar-refractivity contribution in [1.82, 2.24) is 0 Å². The predicted octanol–water partition coefficient (Wildman–Crippen LogP) is 4.23. The average molecular weight is 224 g/mol. The van der Waals surface area contributed by atoms with Crippen molar-refractivity contribution in [3.05, 3.63) is 29.8 Å². The molecule has 0 heterocycles. The molecule has 1 rings (SSSR count). The lowest BCUT2D eigenvalue weighted by atomic mass is 9.86. The van der Waals surface area contributed by atoms with E-state index in [2.05, 4.69) is 12.6 Å². The third kappa shape index (κ3) is 4.08. The van der Waals surface area contributed by atoms with Gasteiger partial charge in [-0.1, -0.05) is 52.8 Å². The van der Waals surface area contributed by atoms with E-state index >= 15 is 0 Å². The third-order valence-corrected chi connectivity index (χ3v) is 2.22. The number of thiol groups is 1. The SMILES string of the molecule is CC.CC(C)(C)C(=O)c1ccccc1S. The standard InChI is InChI=1S/C11H14OS.C2H6/c1-11(2,3)10(12)8-6-4-5-7-9(8)13;1-2/h4-7,13H,1-3H3;1-2H3. The van der Waals surface area contributed by atoms with E-state index in [1.165, 1.54) is 0 Å². The van der Waals surface area contributed by atoms with Gasteiger partial charge >= 0.3 is 0 Å². The molecule has 0 atom stereocenters. The Bertz CT molecular complexity index is 324. The van der Waals surface area contributed by atoms with Crippen LogP contribution in [0, 0.1) is 5.41 Å². The molecule has 0 aliphatic carbocycles. The van der Waals surface area contributed by atoms with Gasteiger partial charge in [0, 0.05) is 15.9 Å². The first-order chi connectivity index (χ1) is 6.93. The Morgan fingerprint density at radius 1 is 1.13 bits per heavy atom. The molecule has 0 aliphatic rings. The molecule has 1 aromatic carbocycles. The zero-order valence-electron chi connectivity index (χ0n) is 10.2. The zero-order valence-corrected chi connectivity index (χ0v) is 11.1. The minimum Gasteiger partial charge on any atom is -0.294 e.